The lowest BCUT2D eigenvalue weighted by atomic mass is 10.1. The molecule has 2 aromatic carbocycles. The Morgan fingerprint density at radius 2 is 1.67 bits per heavy atom. The quantitative estimate of drug-likeness (QED) is 0.400. The minimum absolute atomic E-state index is 0.0504. The fourth-order valence-corrected chi connectivity index (χ4v) is 4.07. The van der Waals surface area contributed by atoms with Crippen molar-refractivity contribution >= 4 is 22.0 Å². The van der Waals surface area contributed by atoms with E-state index in [0.717, 1.165) is 17.5 Å². The predicted molar refractivity (Wildman–Crippen MR) is 133 cm³/mol. The van der Waals surface area contributed by atoms with Gasteiger partial charge in [-0.3, -0.25) is 9.59 Å². The van der Waals surface area contributed by atoms with Crippen LogP contribution in [0.1, 0.15) is 44.2 Å². The number of amides is 2. The number of methoxy groups -OCH3 is 2. The molecule has 0 atom stereocenters. The molecule has 1 aromatic heterocycles. The maximum atomic E-state index is 13.6. The lowest BCUT2D eigenvalue weighted by Crippen LogP contribution is -2.35. The van der Waals surface area contributed by atoms with Gasteiger partial charge < -0.3 is 18.8 Å². The molecule has 3 rings (SSSR count). The maximum absolute atomic E-state index is 13.6. The second kappa shape index (κ2) is 11.7. The molecule has 36 heavy (non-hydrogen) atoms. The highest BCUT2D eigenvalue weighted by molar-refractivity contribution is 7.87. The lowest BCUT2D eigenvalue weighted by Gasteiger charge is -2.23. The molecule has 0 aliphatic carbocycles. The summed E-state index contributed by atoms with van der Waals surface area (Å²) in [6.45, 7) is 2.28. The molecule has 0 saturated carbocycles. The zero-order valence-corrected chi connectivity index (χ0v) is 21.1. The zero-order chi connectivity index (χ0) is 26.3. The van der Waals surface area contributed by atoms with Crippen LogP contribution in [0.15, 0.2) is 59.0 Å². The first-order valence-electron chi connectivity index (χ1n) is 11.1. The molecule has 11 heteroatoms. The molecule has 2 amide bonds. The van der Waals surface area contributed by atoms with Gasteiger partial charge in [-0.05, 0) is 49.6 Å². The molecule has 192 valence electrons. The fraction of sp³-hybridized carbons (Fsp3) is 0.280. The number of rotatable bonds is 11. The summed E-state index contributed by atoms with van der Waals surface area (Å²) >= 11 is 0. The molecule has 10 nitrogen and oxygen atoms in total. The zero-order valence-electron chi connectivity index (χ0n) is 20.3. The van der Waals surface area contributed by atoms with Gasteiger partial charge in [0.2, 0.25) is 0 Å². The van der Waals surface area contributed by atoms with Gasteiger partial charge in [0.25, 0.3) is 16.1 Å². The Hall–Kier alpha value is -3.83. The van der Waals surface area contributed by atoms with Crippen LogP contribution in [0.25, 0.3) is 0 Å². The maximum Gasteiger partial charge on any atom is 0.301 e. The average molecular weight is 516 g/mol. The topological polar surface area (TPSA) is 141 Å². The number of nitrogens with two attached hydrogens (primary N) is 1. The van der Waals surface area contributed by atoms with Crippen LogP contribution in [0.4, 0.5) is 0 Å². The molecule has 0 spiro atoms. The fourth-order valence-electron chi connectivity index (χ4n) is 3.72. The van der Waals surface area contributed by atoms with Crippen molar-refractivity contribution in [3.8, 4) is 11.5 Å². The Bertz CT molecular complexity index is 1300. The number of nitrogens with one attached hydrogen (secondary N) is 1. The first-order valence-corrected chi connectivity index (χ1v) is 12.6. The summed E-state index contributed by atoms with van der Waals surface area (Å²) in [5.41, 5.74) is 2.28. The van der Waals surface area contributed by atoms with Crippen LogP contribution in [0, 0.1) is 6.92 Å². The summed E-state index contributed by atoms with van der Waals surface area (Å²) in [5, 5.41) is 4.85. The molecular weight excluding hydrogens is 486 g/mol. The van der Waals surface area contributed by atoms with Gasteiger partial charge in [0.15, 0.2) is 5.76 Å². The van der Waals surface area contributed by atoms with Crippen molar-refractivity contribution in [1.82, 2.24) is 9.62 Å². The van der Waals surface area contributed by atoms with Gasteiger partial charge in [-0.15, -0.1) is 0 Å². The highest BCUT2D eigenvalue weighted by Gasteiger charge is 2.22. The van der Waals surface area contributed by atoms with Gasteiger partial charge in [0.1, 0.15) is 17.3 Å². The van der Waals surface area contributed by atoms with E-state index in [9.17, 15) is 18.0 Å². The first-order chi connectivity index (χ1) is 17.1. The van der Waals surface area contributed by atoms with Crippen molar-refractivity contribution < 1.29 is 31.9 Å². The second-order valence-electron chi connectivity index (χ2n) is 8.06. The molecule has 0 unspecified atom stereocenters. The number of furan rings is 1. The lowest BCUT2D eigenvalue weighted by molar-refractivity contribution is 0.0727. The first kappa shape index (κ1) is 26.8. The molecule has 0 radical (unpaired) electrons. The number of hydrogen-bond donors (Lipinski definition) is 2. The van der Waals surface area contributed by atoms with Crippen LogP contribution in [0.5, 0.6) is 11.5 Å². The van der Waals surface area contributed by atoms with Crippen LogP contribution < -0.4 is 19.3 Å². The van der Waals surface area contributed by atoms with Crippen LogP contribution in [0.2, 0.25) is 0 Å². The molecule has 0 saturated heterocycles. The molecule has 0 bridgehead atoms. The molecule has 1 heterocycles. The van der Waals surface area contributed by atoms with Crippen LogP contribution in [-0.4, -0.2) is 45.9 Å². The number of nitrogens with zero attached hydrogens (tertiary/aromatic N) is 1. The van der Waals surface area contributed by atoms with E-state index in [1.165, 1.54) is 26.4 Å². The molecule has 3 N–H and O–H groups in total. The molecule has 0 aliphatic rings. The van der Waals surface area contributed by atoms with Gasteiger partial charge in [0, 0.05) is 17.7 Å². The van der Waals surface area contributed by atoms with E-state index in [0.29, 0.717) is 35.8 Å². The monoisotopic (exact) mass is 515 g/mol. The summed E-state index contributed by atoms with van der Waals surface area (Å²) < 4.78 is 40.3. The van der Waals surface area contributed by atoms with Crippen molar-refractivity contribution in [2.75, 3.05) is 20.8 Å². The highest BCUT2D eigenvalue weighted by atomic mass is 32.2. The Balaban J connectivity index is 1.84. The number of carbonyl (C=O) groups excluding carboxylic acids is 2. The van der Waals surface area contributed by atoms with Crippen LogP contribution >= 0.6 is 0 Å². The van der Waals surface area contributed by atoms with E-state index in [-0.39, 0.29) is 18.2 Å². The van der Waals surface area contributed by atoms with Crippen LogP contribution in [-0.2, 0) is 23.2 Å². The number of ether oxygens (including phenoxy) is 2. The van der Waals surface area contributed by atoms with E-state index in [2.05, 4.69) is 0 Å². The minimum atomic E-state index is -4.24. The van der Waals surface area contributed by atoms with E-state index in [1.54, 1.807) is 21.8 Å². The Kier molecular flexibility index (Phi) is 8.73. The number of hydrogen-bond acceptors (Lipinski definition) is 7. The smallest absolute Gasteiger partial charge is 0.301 e. The summed E-state index contributed by atoms with van der Waals surface area (Å²) in [5.74, 6) is -0.197. The summed E-state index contributed by atoms with van der Waals surface area (Å²) in [7, 11) is -1.20. The van der Waals surface area contributed by atoms with Gasteiger partial charge >= 0.3 is 5.91 Å². The number of benzene rings is 2. The highest BCUT2D eigenvalue weighted by Crippen LogP contribution is 2.30. The molecule has 3 aromatic rings. The molecule has 0 aliphatic heterocycles. The third-order valence-corrected chi connectivity index (χ3v) is 5.96. The average Bonchev–Trinajstić information content (AvgIpc) is 3.31. The largest absolute Gasteiger partial charge is 0.496 e. The van der Waals surface area contributed by atoms with Crippen molar-refractivity contribution in [2.45, 2.75) is 26.3 Å². The van der Waals surface area contributed by atoms with Gasteiger partial charge in [-0.2, -0.15) is 8.42 Å². The van der Waals surface area contributed by atoms with Crippen LogP contribution in [0.3, 0.4) is 0 Å². The van der Waals surface area contributed by atoms with Gasteiger partial charge in [0.05, 0.1) is 20.8 Å². The Morgan fingerprint density at radius 3 is 2.25 bits per heavy atom. The molecular formula is C25H29N3O7S. The predicted octanol–water partition coefficient (Wildman–Crippen LogP) is 2.81. The van der Waals surface area contributed by atoms with Gasteiger partial charge in [-0.1, -0.05) is 30.3 Å². The second-order valence-corrected chi connectivity index (χ2v) is 9.36. The number of aryl methyl sites for hydroxylation is 1. The summed E-state index contributed by atoms with van der Waals surface area (Å²) in [6, 6.07) is 16.0. The van der Waals surface area contributed by atoms with E-state index in [4.69, 9.17) is 19.0 Å². The normalized spacial score (nSPS) is 11.1. The SMILES string of the molecule is COc1cc(C(=O)N(CCCc2ccccc2)Cc2ccc(C(=O)NS(N)(=O)=O)o2)cc(OC)c1C. The summed E-state index contributed by atoms with van der Waals surface area (Å²) in [4.78, 5) is 27.2. The van der Waals surface area contributed by atoms with E-state index >= 15 is 0 Å². The standard InChI is InChI=1S/C25H29N3O7S/c1-17-22(33-2)14-19(15-23(17)34-3)25(30)28(13-7-10-18-8-5-4-6-9-18)16-20-11-12-21(35-20)24(29)27-36(26,31)32/h4-6,8-9,11-12,14-15H,7,10,13,16H2,1-3H3,(H,27,29)(H2,26,31,32). The van der Waals surface area contributed by atoms with Crippen molar-refractivity contribution in [2.24, 2.45) is 5.14 Å². The van der Waals surface area contributed by atoms with Crippen molar-refractivity contribution in [3.63, 3.8) is 0 Å². The minimum Gasteiger partial charge on any atom is -0.496 e. The number of carbonyl (C=O) groups is 2. The Morgan fingerprint density at radius 1 is 1.03 bits per heavy atom. The van der Waals surface area contributed by atoms with Crippen molar-refractivity contribution in [1.29, 1.82) is 0 Å². The molecule has 0 fully saturated rings. The third kappa shape index (κ3) is 7.09. The Labute approximate surface area is 210 Å². The van der Waals surface area contributed by atoms with E-state index in [1.807, 2.05) is 37.3 Å². The third-order valence-electron chi connectivity index (χ3n) is 5.49. The summed E-state index contributed by atoms with van der Waals surface area (Å²) in [6.07, 6.45) is 1.43. The van der Waals surface area contributed by atoms with E-state index < -0.39 is 16.1 Å². The van der Waals surface area contributed by atoms with Crippen molar-refractivity contribution in [3.05, 3.63) is 82.8 Å². The van der Waals surface area contributed by atoms with Gasteiger partial charge in [-0.25, -0.2) is 9.86 Å².